The monoisotopic (exact) mass is 550 g/mol. The van der Waals surface area contributed by atoms with E-state index in [1.807, 2.05) is 20.8 Å². The minimum absolute atomic E-state index is 0.0262. The lowest BCUT2D eigenvalue weighted by atomic mass is 9.37. The molecule has 11 nitrogen and oxygen atoms in total. The van der Waals surface area contributed by atoms with Crippen LogP contribution in [0.4, 0.5) is 0 Å². The first-order valence-electron chi connectivity index (χ1n) is 13.6. The number of carbonyl (C=O) groups is 4. The molecule has 0 amide bonds. The number of carbonyl (C=O) groups excluding carboxylic acids is 4. The molecule has 0 aromatic heterocycles. The van der Waals surface area contributed by atoms with Gasteiger partial charge in [0, 0.05) is 29.2 Å². The maximum absolute atomic E-state index is 13.5. The lowest BCUT2D eigenvalue weighted by molar-refractivity contribution is -0.306. The van der Waals surface area contributed by atoms with Crippen LogP contribution in [0.5, 0.6) is 0 Å². The van der Waals surface area contributed by atoms with Gasteiger partial charge in [-0.05, 0) is 31.1 Å². The Morgan fingerprint density at radius 2 is 1.82 bits per heavy atom. The Kier molecular flexibility index (Phi) is 6.57. The normalized spacial score (nSPS) is 48.7. The van der Waals surface area contributed by atoms with E-state index in [-0.39, 0.29) is 43.0 Å². The molecule has 3 N–H and O–H groups in total. The minimum atomic E-state index is -2.25. The molecule has 5 rings (SSSR count). The van der Waals surface area contributed by atoms with E-state index in [9.17, 15) is 34.5 Å². The molecule has 5 fully saturated rings. The molecule has 3 saturated carbocycles. The van der Waals surface area contributed by atoms with Gasteiger partial charge in [0.25, 0.3) is 0 Å². The third-order valence-corrected chi connectivity index (χ3v) is 10.7. The van der Waals surface area contributed by atoms with Gasteiger partial charge in [0.15, 0.2) is 5.78 Å². The van der Waals surface area contributed by atoms with Crippen molar-refractivity contribution in [1.29, 1.82) is 0 Å². The van der Waals surface area contributed by atoms with Crippen LogP contribution in [-0.4, -0.2) is 88.8 Å². The van der Waals surface area contributed by atoms with E-state index in [0.29, 0.717) is 5.57 Å². The minimum Gasteiger partial charge on any atom is -0.467 e. The SMILES string of the molecule is COC(=O)[C@]12OC[C@]34[C@H]([C@@H](O)[C@@H]1O)[C@@]1(C)[C@H](O)C(=O)C[C@@H](C)[C@@H]1C[C@H]3OC(=O)[C@H](OC(=O)/C=C(\C)C(C)C)[C@@H]24. The number of methoxy groups -OCH3 is 1. The molecule has 0 radical (unpaired) electrons. The van der Waals surface area contributed by atoms with Gasteiger partial charge in [-0.3, -0.25) is 4.79 Å². The molecule has 2 heterocycles. The second-order valence-electron chi connectivity index (χ2n) is 12.7. The molecule has 5 aliphatic rings. The van der Waals surface area contributed by atoms with Crippen molar-refractivity contribution >= 4 is 23.7 Å². The summed E-state index contributed by atoms with van der Waals surface area (Å²) in [6.45, 7) is 8.83. The summed E-state index contributed by atoms with van der Waals surface area (Å²) in [5, 5.41) is 34.6. The standard InChI is InChI=1S/C28H38O11/c1-11(2)12(3)8-17(30)39-19-21-27-10-37-28(21,25(35)36-6)23(33)18(31)20(27)26(5)14(9-16(27)38-24(19)34)13(4)7-15(29)22(26)32/h8,11,13-14,16,18-23,31-33H,7,9-10H2,1-6H3/b12-8+/t13-,14+,16-,18-,19-,20-,21-,22-,23+,26+,27-,28-/m1/s1. The van der Waals surface area contributed by atoms with Gasteiger partial charge in [0.1, 0.15) is 18.3 Å². The highest BCUT2D eigenvalue weighted by Crippen LogP contribution is 2.72. The number of hydrogen-bond acceptors (Lipinski definition) is 11. The molecule has 0 unspecified atom stereocenters. The molecule has 1 spiro atoms. The molecular formula is C28H38O11. The van der Waals surface area contributed by atoms with E-state index < -0.39 is 76.7 Å². The summed E-state index contributed by atoms with van der Waals surface area (Å²) in [6, 6.07) is 0. The highest BCUT2D eigenvalue weighted by atomic mass is 16.6. The number of ketones is 1. The summed E-state index contributed by atoms with van der Waals surface area (Å²) in [5.74, 6) is -6.04. The maximum Gasteiger partial charge on any atom is 0.348 e. The second-order valence-corrected chi connectivity index (χ2v) is 12.7. The Balaban J connectivity index is 1.71. The number of rotatable bonds is 4. The van der Waals surface area contributed by atoms with Gasteiger partial charge in [-0.25, -0.2) is 14.4 Å². The zero-order valence-electron chi connectivity index (χ0n) is 23.1. The topological polar surface area (TPSA) is 166 Å². The molecule has 2 aliphatic heterocycles. The Morgan fingerprint density at radius 3 is 2.44 bits per heavy atom. The molecule has 2 bridgehead atoms. The zero-order chi connectivity index (χ0) is 28.8. The lowest BCUT2D eigenvalue weighted by Gasteiger charge is -2.68. The number of aliphatic hydroxyl groups excluding tert-OH is 3. The van der Waals surface area contributed by atoms with Crippen molar-refractivity contribution in [3.8, 4) is 0 Å². The Labute approximate surface area is 226 Å². The average Bonchev–Trinajstić information content (AvgIpc) is 3.18. The summed E-state index contributed by atoms with van der Waals surface area (Å²) in [7, 11) is 1.09. The first-order valence-corrected chi connectivity index (χ1v) is 13.6. The van der Waals surface area contributed by atoms with Crippen molar-refractivity contribution < 1.29 is 53.4 Å². The molecule has 0 aromatic rings. The molecule has 39 heavy (non-hydrogen) atoms. The van der Waals surface area contributed by atoms with Crippen LogP contribution in [-0.2, 0) is 38.1 Å². The average molecular weight is 551 g/mol. The number of Topliss-reactive ketones (excluding diaryl/α,β-unsaturated/α-hetero) is 1. The van der Waals surface area contributed by atoms with Crippen LogP contribution in [0.25, 0.3) is 0 Å². The van der Waals surface area contributed by atoms with Crippen molar-refractivity contribution in [3.63, 3.8) is 0 Å². The van der Waals surface area contributed by atoms with Gasteiger partial charge in [-0.2, -0.15) is 0 Å². The van der Waals surface area contributed by atoms with Gasteiger partial charge in [-0.15, -0.1) is 0 Å². The fourth-order valence-electron chi connectivity index (χ4n) is 8.74. The molecule has 0 aromatic carbocycles. The Morgan fingerprint density at radius 1 is 1.15 bits per heavy atom. The van der Waals surface area contributed by atoms with Gasteiger partial charge in [0.05, 0.1) is 25.7 Å². The lowest BCUT2D eigenvalue weighted by Crippen LogP contribution is -2.80. The van der Waals surface area contributed by atoms with Crippen LogP contribution in [0.1, 0.15) is 47.5 Å². The number of hydrogen-bond donors (Lipinski definition) is 3. The summed E-state index contributed by atoms with van der Waals surface area (Å²) in [6.07, 6.45) is -5.99. The fraction of sp³-hybridized carbons (Fsp3) is 0.786. The summed E-state index contributed by atoms with van der Waals surface area (Å²) >= 11 is 0. The van der Waals surface area contributed by atoms with Crippen LogP contribution >= 0.6 is 0 Å². The van der Waals surface area contributed by atoms with Gasteiger partial charge in [0.2, 0.25) is 11.7 Å². The number of esters is 3. The van der Waals surface area contributed by atoms with E-state index in [1.165, 1.54) is 6.08 Å². The van der Waals surface area contributed by atoms with Crippen molar-refractivity contribution in [1.82, 2.24) is 0 Å². The predicted molar refractivity (Wildman–Crippen MR) is 131 cm³/mol. The smallest absolute Gasteiger partial charge is 0.348 e. The van der Waals surface area contributed by atoms with E-state index in [2.05, 4.69) is 0 Å². The van der Waals surface area contributed by atoms with Crippen molar-refractivity contribution in [2.24, 2.45) is 40.4 Å². The van der Waals surface area contributed by atoms with E-state index in [4.69, 9.17) is 18.9 Å². The van der Waals surface area contributed by atoms with Crippen molar-refractivity contribution in [2.45, 2.75) is 83.6 Å². The molecule has 3 aliphatic carbocycles. The maximum atomic E-state index is 13.5. The predicted octanol–water partition coefficient (Wildman–Crippen LogP) is 0.318. The largest absolute Gasteiger partial charge is 0.467 e. The van der Waals surface area contributed by atoms with E-state index in [0.717, 1.165) is 7.11 Å². The second kappa shape index (κ2) is 9.09. The van der Waals surface area contributed by atoms with Crippen LogP contribution in [0, 0.1) is 40.4 Å². The third-order valence-electron chi connectivity index (χ3n) is 10.7. The number of aliphatic hydroxyl groups is 3. The third kappa shape index (κ3) is 3.42. The molecule has 12 atom stereocenters. The number of allylic oxidation sites excluding steroid dienone is 1. The Bertz CT molecular complexity index is 1130. The van der Waals surface area contributed by atoms with Gasteiger partial charge in [-0.1, -0.05) is 33.3 Å². The van der Waals surface area contributed by atoms with Gasteiger partial charge < -0.3 is 34.3 Å². The molecule has 216 valence electrons. The molecule has 2 saturated heterocycles. The summed E-state index contributed by atoms with van der Waals surface area (Å²) < 4.78 is 22.7. The number of fused-ring (bicyclic) bond motifs is 2. The van der Waals surface area contributed by atoms with Crippen molar-refractivity contribution in [3.05, 3.63) is 11.6 Å². The van der Waals surface area contributed by atoms with Crippen molar-refractivity contribution in [2.75, 3.05) is 13.7 Å². The quantitative estimate of drug-likeness (QED) is 0.251. The van der Waals surface area contributed by atoms with Crippen LogP contribution in [0.2, 0.25) is 0 Å². The highest BCUT2D eigenvalue weighted by Gasteiger charge is 2.86. The first kappa shape index (κ1) is 28.2. The first-order chi connectivity index (χ1) is 18.2. The molecular weight excluding hydrogens is 512 g/mol. The summed E-state index contributed by atoms with van der Waals surface area (Å²) in [4.78, 5) is 52.8. The highest BCUT2D eigenvalue weighted by molar-refractivity contribution is 5.90. The van der Waals surface area contributed by atoms with Gasteiger partial charge >= 0.3 is 17.9 Å². The van der Waals surface area contributed by atoms with Crippen LogP contribution in [0.15, 0.2) is 11.6 Å². The summed E-state index contributed by atoms with van der Waals surface area (Å²) in [5.41, 5.74) is -4.18. The van der Waals surface area contributed by atoms with E-state index in [1.54, 1.807) is 13.8 Å². The zero-order valence-corrected chi connectivity index (χ0v) is 23.1. The van der Waals surface area contributed by atoms with E-state index >= 15 is 0 Å². The van der Waals surface area contributed by atoms with Crippen LogP contribution < -0.4 is 0 Å². The molecule has 11 heteroatoms. The number of ether oxygens (including phenoxy) is 4. The fourth-order valence-corrected chi connectivity index (χ4v) is 8.74. The Hall–Kier alpha value is -2.34. The van der Waals surface area contributed by atoms with Crippen LogP contribution in [0.3, 0.4) is 0 Å².